The highest BCUT2D eigenvalue weighted by Gasteiger charge is 2.44. The van der Waals surface area contributed by atoms with Crippen LogP contribution in [0.2, 0.25) is 0 Å². The van der Waals surface area contributed by atoms with E-state index in [2.05, 4.69) is 18.3 Å². The predicted octanol–water partition coefficient (Wildman–Crippen LogP) is 6.41. The van der Waals surface area contributed by atoms with Crippen molar-refractivity contribution in [3.05, 3.63) is 64.3 Å². The molecule has 42 heavy (non-hydrogen) atoms. The number of aromatic nitrogens is 3. The number of nitrogens with one attached hydrogen (secondary N) is 1. The standard InChI is InChI=1S/C33H37N5O4/c1-4-8-24-28(19-9-5-6-10-19)21-12-11-20(15-25(21)38(24)34)30(39)36-33(13-7-14-33)32-35-23-16-22-18(2)29(31(40)41)42-27(22)17-26(23)37(32)3/h11-12,15-17,19H,4-10,13-14,34H2,1-3H3,(H,36,39)(H,40,41). The fourth-order valence-corrected chi connectivity index (χ4v) is 7.45. The summed E-state index contributed by atoms with van der Waals surface area (Å²) in [7, 11) is 1.93. The maximum atomic E-state index is 13.8. The number of fused-ring (bicyclic) bond motifs is 3. The summed E-state index contributed by atoms with van der Waals surface area (Å²) in [5.74, 6) is 6.73. The van der Waals surface area contributed by atoms with E-state index in [1.165, 1.54) is 42.3 Å². The van der Waals surface area contributed by atoms with Crippen molar-refractivity contribution in [2.24, 2.45) is 7.05 Å². The Morgan fingerprint density at radius 3 is 2.55 bits per heavy atom. The fraction of sp³-hybridized carbons (Fsp3) is 0.424. The molecular weight excluding hydrogens is 530 g/mol. The number of carboxylic acids is 1. The van der Waals surface area contributed by atoms with Crippen LogP contribution in [0.3, 0.4) is 0 Å². The number of nitrogens with zero attached hydrogens (tertiary/aromatic N) is 3. The molecule has 0 spiro atoms. The minimum Gasteiger partial charge on any atom is -0.475 e. The molecule has 218 valence electrons. The van der Waals surface area contributed by atoms with Gasteiger partial charge in [-0.3, -0.25) is 9.47 Å². The van der Waals surface area contributed by atoms with Crippen molar-refractivity contribution in [3.63, 3.8) is 0 Å². The van der Waals surface area contributed by atoms with Gasteiger partial charge in [-0.1, -0.05) is 32.3 Å². The summed E-state index contributed by atoms with van der Waals surface area (Å²) in [6.07, 6.45) is 9.42. The molecule has 0 saturated heterocycles. The molecule has 3 aromatic heterocycles. The molecule has 3 heterocycles. The number of furan rings is 1. The summed E-state index contributed by atoms with van der Waals surface area (Å²) in [5.41, 5.74) is 6.15. The monoisotopic (exact) mass is 567 g/mol. The number of aryl methyl sites for hydroxylation is 2. The van der Waals surface area contributed by atoms with Crippen LogP contribution in [0.25, 0.3) is 32.9 Å². The number of carboxylic acid groups (broad SMARTS) is 1. The van der Waals surface area contributed by atoms with E-state index in [-0.39, 0.29) is 11.7 Å². The van der Waals surface area contributed by atoms with Gasteiger partial charge in [0.25, 0.3) is 5.91 Å². The van der Waals surface area contributed by atoms with Crippen molar-refractivity contribution in [3.8, 4) is 0 Å². The van der Waals surface area contributed by atoms with Crippen LogP contribution in [0.5, 0.6) is 0 Å². The highest BCUT2D eigenvalue weighted by atomic mass is 16.4. The Balaban J connectivity index is 1.24. The van der Waals surface area contributed by atoms with Gasteiger partial charge in [-0.2, -0.15) is 0 Å². The summed E-state index contributed by atoms with van der Waals surface area (Å²) in [5, 5.41) is 14.7. The molecule has 7 rings (SSSR count). The molecule has 0 unspecified atom stereocenters. The van der Waals surface area contributed by atoms with Gasteiger partial charge >= 0.3 is 5.97 Å². The minimum absolute atomic E-state index is 0.0546. The van der Waals surface area contributed by atoms with Gasteiger partial charge in [-0.25, -0.2) is 9.78 Å². The Bertz CT molecular complexity index is 1900. The molecule has 2 aliphatic rings. The zero-order chi connectivity index (χ0) is 29.3. The zero-order valence-electron chi connectivity index (χ0n) is 24.4. The first-order valence-corrected chi connectivity index (χ1v) is 15.1. The van der Waals surface area contributed by atoms with Crippen molar-refractivity contribution >= 4 is 44.8 Å². The average Bonchev–Trinajstić information content (AvgIpc) is 3.72. The lowest BCUT2D eigenvalue weighted by Crippen LogP contribution is -2.52. The third-order valence-corrected chi connectivity index (χ3v) is 9.78. The SMILES string of the molecule is CCCc1c(C2CCCC2)c2ccc(C(=O)NC3(c4nc5cc6c(C)c(C(=O)O)oc6cc5n4C)CCC3)cc2n1N. The van der Waals surface area contributed by atoms with E-state index in [1.54, 1.807) is 6.92 Å². The second-order valence-electron chi connectivity index (χ2n) is 12.3. The topological polar surface area (TPSA) is 128 Å². The van der Waals surface area contributed by atoms with Gasteiger partial charge < -0.3 is 25.3 Å². The lowest BCUT2D eigenvalue weighted by atomic mass is 9.75. The van der Waals surface area contributed by atoms with Crippen LogP contribution in [0, 0.1) is 6.92 Å². The number of amides is 1. The van der Waals surface area contributed by atoms with Crippen LogP contribution in [0.4, 0.5) is 0 Å². The van der Waals surface area contributed by atoms with Crippen molar-refractivity contribution in [1.82, 2.24) is 19.5 Å². The van der Waals surface area contributed by atoms with Crippen LogP contribution in [0.15, 0.2) is 34.7 Å². The normalized spacial score (nSPS) is 16.9. The summed E-state index contributed by atoms with van der Waals surface area (Å²) < 4.78 is 9.47. The largest absolute Gasteiger partial charge is 0.475 e. The number of carbonyl (C=O) groups excluding carboxylic acids is 1. The number of rotatable bonds is 7. The molecule has 9 heteroatoms. The maximum Gasteiger partial charge on any atom is 0.372 e. The summed E-state index contributed by atoms with van der Waals surface area (Å²) in [6, 6.07) is 9.69. The van der Waals surface area contributed by atoms with E-state index in [1.807, 2.05) is 40.6 Å². The molecule has 2 saturated carbocycles. The van der Waals surface area contributed by atoms with E-state index in [0.717, 1.165) is 59.9 Å². The lowest BCUT2D eigenvalue weighted by molar-refractivity contribution is 0.0663. The van der Waals surface area contributed by atoms with Gasteiger partial charge in [0, 0.05) is 40.7 Å². The highest BCUT2D eigenvalue weighted by molar-refractivity contribution is 6.01. The van der Waals surface area contributed by atoms with Crippen LogP contribution in [-0.2, 0) is 19.0 Å². The molecular formula is C33H37N5O4. The molecule has 2 aliphatic carbocycles. The number of nitrogens with two attached hydrogens (primary N) is 1. The number of hydrogen-bond acceptors (Lipinski definition) is 5. The second kappa shape index (κ2) is 9.64. The van der Waals surface area contributed by atoms with E-state index in [4.69, 9.17) is 15.2 Å². The Labute approximate surface area is 243 Å². The van der Waals surface area contributed by atoms with Crippen molar-refractivity contribution in [2.75, 3.05) is 5.84 Å². The smallest absolute Gasteiger partial charge is 0.372 e. The van der Waals surface area contributed by atoms with Gasteiger partial charge in [-0.15, -0.1) is 0 Å². The summed E-state index contributed by atoms with van der Waals surface area (Å²) >= 11 is 0. The number of imidazole rings is 1. The van der Waals surface area contributed by atoms with E-state index in [9.17, 15) is 14.7 Å². The second-order valence-corrected chi connectivity index (χ2v) is 12.3. The van der Waals surface area contributed by atoms with Crippen LogP contribution < -0.4 is 11.2 Å². The molecule has 0 radical (unpaired) electrons. The Morgan fingerprint density at radius 1 is 1.12 bits per heavy atom. The quantitative estimate of drug-likeness (QED) is 0.195. The first-order valence-electron chi connectivity index (χ1n) is 15.1. The Morgan fingerprint density at radius 2 is 1.88 bits per heavy atom. The fourth-order valence-electron chi connectivity index (χ4n) is 7.45. The first kappa shape index (κ1) is 26.6. The number of aromatic carboxylic acids is 1. The number of nitrogen functional groups attached to an aromatic ring is 1. The van der Waals surface area contributed by atoms with Gasteiger partial charge in [0.2, 0.25) is 5.76 Å². The molecule has 9 nitrogen and oxygen atoms in total. The highest BCUT2D eigenvalue weighted by Crippen LogP contribution is 2.44. The molecule has 4 N–H and O–H groups in total. The van der Waals surface area contributed by atoms with E-state index >= 15 is 0 Å². The summed E-state index contributed by atoms with van der Waals surface area (Å²) in [6.45, 7) is 3.93. The molecule has 0 aliphatic heterocycles. The lowest BCUT2D eigenvalue weighted by Gasteiger charge is -2.41. The third kappa shape index (κ3) is 3.86. The molecule has 0 bridgehead atoms. The van der Waals surface area contributed by atoms with Gasteiger partial charge in [-0.05, 0) is 75.1 Å². The molecule has 5 aromatic rings. The molecule has 2 aromatic carbocycles. The minimum atomic E-state index is -1.09. The average molecular weight is 568 g/mol. The third-order valence-electron chi connectivity index (χ3n) is 9.78. The molecule has 2 fully saturated rings. The van der Waals surface area contributed by atoms with E-state index < -0.39 is 11.5 Å². The van der Waals surface area contributed by atoms with Crippen LogP contribution in [0.1, 0.15) is 108 Å². The maximum absolute atomic E-state index is 13.8. The van der Waals surface area contributed by atoms with Crippen molar-refractivity contribution in [2.45, 2.75) is 83.1 Å². The Kier molecular flexibility index (Phi) is 6.11. The molecule has 1 amide bonds. The van der Waals surface area contributed by atoms with E-state index in [0.29, 0.717) is 22.6 Å². The predicted molar refractivity (Wildman–Crippen MR) is 162 cm³/mol. The van der Waals surface area contributed by atoms with Gasteiger partial charge in [0.05, 0.1) is 22.1 Å². The van der Waals surface area contributed by atoms with Crippen LogP contribution >= 0.6 is 0 Å². The van der Waals surface area contributed by atoms with Crippen molar-refractivity contribution < 1.29 is 19.1 Å². The van der Waals surface area contributed by atoms with Gasteiger partial charge in [0.1, 0.15) is 11.4 Å². The van der Waals surface area contributed by atoms with Gasteiger partial charge in [0.15, 0.2) is 0 Å². The first-order chi connectivity index (χ1) is 20.2. The number of benzene rings is 2. The van der Waals surface area contributed by atoms with Crippen LogP contribution in [-0.4, -0.2) is 31.2 Å². The Hall–Kier alpha value is -4.27. The zero-order valence-corrected chi connectivity index (χ0v) is 24.4. The summed E-state index contributed by atoms with van der Waals surface area (Å²) in [4.78, 5) is 30.4. The molecule has 0 atom stereocenters. The van der Waals surface area contributed by atoms with Crippen molar-refractivity contribution in [1.29, 1.82) is 0 Å². The number of hydrogen-bond donors (Lipinski definition) is 3. The number of carbonyl (C=O) groups is 2.